The van der Waals surface area contributed by atoms with E-state index in [0.29, 0.717) is 35.2 Å². The van der Waals surface area contributed by atoms with E-state index in [4.69, 9.17) is 21.1 Å². The van der Waals surface area contributed by atoms with Gasteiger partial charge >= 0.3 is 0 Å². The lowest BCUT2D eigenvalue weighted by molar-refractivity contribution is 0.0953. The molecule has 4 aromatic rings. The average Bonchev–Trinajstić information content (AvgIpc) is 2.91. The number of benzene rings is 3. The van der Waals surface area contributed by atoms with Crippen LogP contribution < -0.4 is 20.1 Å². The van der Waals surface area contributed by atoms with Crippen molar-refractivity contribution in [2.24, 2.45) is 0 Å². The SMILES string of the molecule is CCCNC(=O)c1ccc(-c2cccc([C@@H](Cl)Nc3nc(C)nc4cc(OC)c(OC)cc34)c2)cc1. The number of methoxy groups -OCH3 is 2. The summed E-state index contributed by atoms with van der Waals surface area (Å²) in [6.45, 7) is 4.52. The molecule has 0 unspecified atom stereocenters. The van der Waals surface area contributed by atoms with E-state index < -0.39 is 5.50 Å². The Morgan fingerprint density at radius 2 is 1.69 bits per heavy atom. The first kappa shape index (κ1) is 25.3. The molecule has 36 heavy (non-hydrogen) atoms. The molecule has 0 saturated carbocycles. The number of alkyl halides is 1. The van der Waals surface area contributed by atoms with Gasteiger partial charge in [-0.05, 0) is 54.3 Å². The molecule has 1 amide bonds. The number of ether oxygens (including phenoxy) is 2. The van der Waals surface area contributed by atoms with Crippen LogP contribution in [0.3, 0.4) is 0 Å². The van der Waals surface area contributed by atoms with Crippen molar-refractivity contribution in [2.45, 2.75) is 25.8 Å². The standard InChI is InChI=1S/C28H29ClN4O3/c1-5-13-30-28(34)19-11-9-18(10-12-19)20-7-6-8-21(14-20)26(29)33-27-22-15-24(35-3)25(36-4)16-23(22)31-17(2)32-27/h6-12,14-16,26H,5,13H2,1-4H3,(H,30,34)(H,31,32,33)/t26-/m0/s1. The van der Waals surface area contributed by atoms with Gasteiger partial charge in [-0.1, -0.05) is 48.9 Å². The van der Waals surface area contributed by atoms with Gasteiger partial charge in [-0.25, -0.2) is 9.97 Å². The Hall–Kier alpha value is -3.84. The Labute approximate surface area is 215 Å². The Kier molecular flexibility index (Phi) is 7.90. The van der Waals surface area contributed by atoms with E-state index in [1.54, 1.807) is 14.2 Å². The van der Waals surface area contributed by atoms with Crippen LogP contribution in [0.4, 0.5) is 5.82 Å². The number of aryl methyl sites for hydroxylation is 1. The second-order valence-electron chi connectivity index (χ2n) is 8.31. The largest absolute Gasteiger partial charge is 0.493 e. The van der Waals surface area contributed by atoms with Crippen molar-refractivity contribution >= 4 is 34.2 Å². The molecular weight excluding hydrogens is 476 g/mol. The van der Waals surface area contributed by atoms with Crippen LogP contribution in [-0.2, 0) is 0 Å². The topological polar surface area (TPSA) is 85.4 Å². The average molecular weight is 505 g/mol. The summed E-state index contributed by atoms with van der Waals surface area (Å²) in [5, 5.41) is 6.99. The number of fused-ring (bicyclic) bond motifs is 1. The van der Waals surface area contributed by atoms with Crippen molar-refractivity contribution in [3.05, 3.63) is 77.6 Å². The lowest BCUT2D eigenvalue weighted by Crippen LogP contribution is -2.23. The van der Waals surface area contributed by atoms with Gasteiger partial charge in [-0.15, -0.1) is 0 Å². The first-order chi connectivity index (χ1) is 17.4. The summed E-state index contributed by atoms with van der Waals surface area (Å²) >= 11 is 6.82. The van der Waals surface area contributed by atoms with Gasteiger partial charge in [0.1, 0.15) is 17.1 Å². The highest BCUT2D eigenvalue weighted by Gasteiger charge is 2.16. The van der Waals surface area contributed by atoms with E-state index in [1.807, 2.05) is 74.5 Å². The quantitative estimate of drug-likeness (QED) is 0.211. The third-order valence-corrected chi connectivity index (χ3v) is 6.13. The number of anilines is 1. The number of carbonyl (C=O) groups excluding carboxylic acids is 1. The van der Waals surface area contributed by atoms with E-state index in [9.17, 15) is 4.79 Å². The van der Waals surface area contributed by atoms with Crippen molar-refractivity contribution < 1.29 is 14.3 Å². The van der Waals surface area contributed by atoms with Crippen LogP contribution >= 0.6 is 11.6 Å². The van der Waals surface area contributed by atoms with Crippen LogP contribution in [0.1, 0.15) is 40.6 Å². The van der Waals surface area contributed by atoms with E-state index >= 15 is 0 Å². The number of nitrogens with zero attached hydrogens (tertiary/aromatic N) is 2. The molecule has 0 aliphatic rings. The molecule has 0 radical (unpaired) electrons. The monoisotopic (exact) mass is 504 g/mol. The molecule has 1 atom stereocenters. The van der Waals surface area contributed by atoms with Gasteiger partial charge < -0.3 is 20.1 Å². The van der Waals surface area contributed by atoms with Crippen molar-refractivity contribution in [2.75, 3.05) is 26.1 Å². The van der Waals surface area contributed by atoms with Gasteiger partial charge in [0.2, 0.25) is 0 Å². The summed E-state index contributed by atoms with van der Waals surface area (Å²) < 4.78 is 10.9. The second kappa shape index (κ2) is 11.3. The minimum absolute atomic E-state index is 0.0659. The fourth-order valence-corrected chi connectivity index (χ4v) is 4.15. The molecule has 3 aromatic carbocycles. The summed E-state index contributed by atoms with van der Waals surface area (Å²) in [4.78, 5) is 21.3. The van der Waals surface area contributed by atoms with Gasteiger partial charge in [0.05, 0.1) is 19.7 Å². The van der Waals surface area contributed by atoms with Crippen molar-refractivity contribution in [1.29, 1.82) is 0 Å². The van der Waals surface area contributed by atoms with E-state index in [2.05, 4.69) is 20.6 Å². The molecule has 0 fully saturated rings. The maximum absolute atomic E-state index is 12.2. The molecule has 8 heteroatoms. The Bertz CT molecular complexity index is 1380. The number of rotatable bonds is 9. The minimum Gasteiger partial charge on any atom is -0.493 e. The number of amides is 1. The highest BCUT2D eigenvalue weighted by Crippen LogP contribution is 2.36. The lowest BCUT2D eigenvalue weighted by Gasteiger charge is -2.17. The van der Waals surface area contributed by atoms with E-state index in [0.717, 1.165) is 34.0 Å². The zero-order chi connectivity index (χ0) is 25.7. The van der Waals surface area contributed by atoms with Crippen LogP contribution in [-0.4, -0.2) is 36.6 Å². The second-order valence-corrected chi connectivity index (χ2v) is 8.75. The number of carbonyl (C=O) groups is 1. The Balaban J connectivity index is 1.59. The van der Waals surface area contributed by atoms with Crippen molar-refractivity contribution in [1.82, 2.24) is 15.3 Å². The fourth-order valence-electron chi connectivity index (χ4n) is 3.92. The zero-order valence-corrected chi connectivity index (χ0v) is 21.5. The van der Waals surface area contributed by atoms with Crippen LogP contribution in [0.15, 0.2) is 60.7 Å². The molecule has 0 saturated heterocycles. The normalized spacial score (nSPS) is 11.7. The van der Waals surface area contributed by atoms with Gasteiger partial charge in [-0.3, -0.25) is 4.79 Å². The number of halogens is 1. The van der Waals surface area contributed by atoms with Crippen LogP contribution in [0.2, 0.25) is 0 Å². The van der Waals surface area contributed by atoms with Gasteiger partial charge in [0, 0.05) is 23.6 Å². The van der Waals surface area contributed by atoms with Gasteiger partial charge in [0.25, 0.3) is 5.91 Å². The third-order valence-electron chi connectivity index (χ3n) is 5.77. The molecule has 186 valence electrons. The highest BCUT2D eigenvalue weighted by atomic mass is 35.5. The molecular formula is C28H29ClN4O3. The fraction of sp³-hybridized carbons (Fsp3) is 0.250. The van der Waals surface area contributed by atoms with E-state index in [1.165, 1.54) is 0 Å². The first-order valence-corrected chi connectivity index (χ1v) is 12.2. The number of hydrogen-bond donors (Lipinski definition) is 2. The van der Waals surface area contributed by atoms with Crippen LogP contribution in [0.25, 0.3) is 22.0 Å². The molecule has 7 nitrogen and oxygen atoms in total. The summed E-state index contributed by atoms with van der Waals surface area (Å²) in [5.74, 6) is 2.33. The van der Waals surface area contributed by atoms with Gasteiger partial charge in [0.15, 0.2) is 11.5 Å². The molecule has 0 bridgehead atoms. The smallest absolute Gasteiger partial charge is 0.251 e. The van der Waals surface area contributed by atoms with Crippen molar-refractivity contribution in [3.63, 3.8) is 0 Å². The molecule has 1 heterocycles. The maximum atomic E-state index is 12.2. The van der Waals surface area contributed by atoms with Gasteiger partial charge in [-0.2, -0.15) is 0 Å². The summed E-state index contributed by atoms with van der Waals surface area (Å²) in [6, 6.07) is 19.2. The molecule has 4 rings (SSSR count). The third kappa shape index (κ3) is 5.52. The summed E-state index contributed by atoms with van der Waals surface area (Å²) in [5.41, 5.74) is 3.68. The molecule has 0 aliphatic carbocycles. The lowest BCUT2D eigenvalue weighted by atomic mass is 10.0. The van der Waals surface area contributed by atoms with Crippen LogP contribution in [0.5, 0.6) is 11.5 Å². The molecule has 1 aromatic heterocycles. The highest BCUT2D eigenvalue weighted by molar-refractivity contribution is 6.22. The number of nitrogens with one attached hydrogen (secondary N) is 2. The first-order valence-electron chi connectivity index (χ1n) is 11.7. The Morgan fingerprint density at radius 1 is 0.972 bits per heavy atom. The Morgan fingerprint density at radius 3 is 2.39 bits per heavy atom. The van der Waals surface area contributed by atoms with Crippen LogP contribution in [0, 0.1) is 6.92 Å². The summed E-state index contributed by atoms with van der Waals surface area (Å²) in [7, 11) is 3.18. The number of aromatic nitrogens is 2. The molecule has 2 N–H and O–H groups in total. The van der Waals surface area contributed by atoms with E-state index in [-0.39, 0.29) is 5.91 Å². The minimum atomic E-state index is -0.547. The predicted octanol–water partition coefficient (Wildman–Crippen LogP) is 6.11. The number of hydrogen-bond acceptors (Lipinski definition) is 6. The molecule has 0 aliphatic heterocycles. The zero-order valence-electron chi connectivity index (χ0n) is 20.8. The molecule has 0 spiro atoms. The van der Waals surface area contributed by atoms with Crippen molar-refractivity contribution in [3.8, 4) is 22.6 Å². The predicted molar refractivity (Wildman–Crippen MR) is 144 cm³/mol. The summed E-state index contributed by atoms with van der Waals surface area (Å²) in [6.07, 6.45) is 0.899. The maximum Gasteiger partial charge on any atom is 0.251 e.